The first-order valence-electron chi connectivity index (χ1n) is 5.30. The predicted octanol–water partition coefficient (Wildman–Crippen LogP) is 2.23. The third-order valence-corrected chi connectivity index (χ3v) is 2.48. The molecule has 3 nitrogen and oxygen atoms in total. The minimum absolute atomic E-state index is 0.617. The maximum Gasteiger partial charge on any atom is 0.0720 e. The molecule has 0 fully saturated rings. The first kappa shape index (κ1) is 10.6. The lowest BCUT2D eigenvalue weighted by atomic mass is 10.0. The van der Waals surface area contributed by atoms with Crippen molar-refractivity contribution < 1.29 is 0 Å². The molecule has 0 aliphatic heterocycles. The van der Waals surface area contributed by atoms with Crippen LogP contribution in [-0.4, -0.2) is 16.3 Å². The quantitative estimate of drug-likeness (QED) is 0.846. The van der Waals surface area contributed by atoms with E-state index >= 15 is 0 Å². The molecule has 2 N–H and O–H groups in total. The van der Waals surface area contributed by atoms with E-state index in [0.29, 0.717) is 6.54 Å². The van der Waals surface area contributed by atoms with Gasteiger partial charge in [-0.3, -0.25) is 0 Å². The summed E-state index contributed by atoms with van der Waals surface area (Å²) >= 11 is 0. The van der Waals surface area contributed by atoms with E-state index in [-0.39, 0.29) is 0 Å². The molecule has 2 aromatic rings. The lowest BCUT2D eigenvalue weighted by Crippen LogP contribution is -2.03. The number of nitrogens with two attached hydrogens (primary N) is 1. The number of benzene rings is 1. The van der Waals surface area contributed by atoms with Crippen LogP contribution in [0.4, 0.5) is 0 Å². The van der Waals surface area contributed by atoms with Crippen molar-refractivity contribution in [2.45, 2.75) is 6.42 Å². The first-order valence-corrected chi connectivity index (χ1v) is 5.30. The molecule has 0 amide bonds. The van der Waals surface area contributed by atoms with Crippen molar-refractivity contribution in [3.63, 3.8) is 0 Å². The summed E-state index contributed by atoms with van der Waals surface area (Å²) in [6, 6.07) is 9.99. The van der Waals surface area contributed by atoms with E-state index in [1.54, 1.807) is 6.20 Å². The highest BCUT2D eigenvalue weighted by atomic mass is 15.3. The minimum Gasteiger partial charge on any atom is -0.330 e. The van der Waals surface area contributed by atoms with Crippen LogP contribution in [0.25, 0.3) is 11.3 Å². The Morgan fingerprint density at radius 1 is 1.31 bits per heavy atom. The van der Waals surface area contributed by atoms with Crippen molar-refractivity contribution in [1.29, 1.82) is 0 Å². The number of rotatable bonds is 4. The highest BCUT2D eigenvalue weighted by Crippen LogP contribution is 2.22. The molecule has 0 saturated carbocycles. The van der Waals surface area contributed by atoms with E-state index in [1.807, 2.05) is 35.1 Å². The van der Waals surface area contributed by atoms with Gasteiger partial charge in [-0.2, -0.15) is 5.10 Å². The summed E-state index contributed by atoms with van der Waals surface area (Å²) in [5.74, 6) is 0. The number of hydrogen-bond donors (Lipinski definition) is 1. The second-order valence-electron chi connectivity index (χ2n) is 3.61. The van der Waals surface area contributed by atoms with Gasteiger partial charge in [-0.25, -0.2) is 4.68 Å². The molecule has 0 aliphatic carbocycles. The van der Waals surface area contributed by atoms with Gasteiger partial charge in [0.15, 0.2) is 0 Å². The highest BCUT2D eigenvalue weighted by Gasteiger charge is 2.06. The van der Waals surface area contributed by atoms with Gasteiger partial charge in [0.25, 0.3) is 0 Å². The Balaban J connectivity index is 2.42. The Morgan fingerprint density at radius 2 is 2.12 bits per heavy atom. The lowest BCUT2D eigenvalue weighted by molar-refractivity contribution is 0.875. The van der Waals surface area contributed by atoms with E-state index < -0.39 is 0 Å². The largest absolute Gasteiger partial charge is 0.330 e. The van der Waals surface area contributed by atoms with Gasteiger partial charge >= 0.3 is 0 Å². The van der Waals surface area contributed by atoms with Gasteiger partial charge in [-0.15, -0.1) is 0 Å². The van der Waals surface area contributed by atoms with E-state index in [0.717, 1.165) is 23.2 Å². The topological polar surface area (TPSA) is 43.8 Å². The van der Waals surface area contributed by atoms with Crippen molar-refractivity contribution >= 4 is 5.57 Å². The van der Waals surface area contributed by atoms with Gasteiger partial charge in [-0.05, 0) is 30.7 Å². The molecule has 0 bridgehead atoms. The summed E-state index contributed by atoms with van der Waals surface area (Å²) in [5, 5.41) is 4.23. The van der Waals surface area contributed by atoms with E-state index in [2.05, 4.69) is 17.7 Å². The summed E-state index contributed by atoms with van der Waals surface area (Å²) < 4.78 is 1.84. The zero-order chi connectivity index (χ0) is 11.4. The molecule has 0 radical (unpaired) electrons. The maximum absolute atomic E-state index is 5.55. The van der Waals surface area contributed by atoms with Gasteiger partial charge in [0.2, 0.25) is 0 Å². The molecule has 1 aromatic carbocycles. The molecule has 1 heterocycles. The van der Waals surface area contributed by atoms with Crippen LogP contribution in [0.2, 0.25) is 0 Å². The smallest absolute Gasteiger partial charge is 0.0720 e. The lowest BCUT2D eigenvalue weighted by Gasteiger charge is -2.11. The zero-order valence-corrected chi connectivity index (χ0v) is 9.13. The fourth-order valence-electron chi connectivity index (χ4n) is 1.69. The van der Waals surface area contributed by atoms with E-state index in [1.165, 1.54) is 0 Å². The number of para-hydroxylation sites is 1. The van der Waals surface area contributed by atoms with Crippen LogP contribution in [0, 0.1) is 0 Å². The fourth-order valence-corrected chi connectivity index (χ4v) is 1.69. The van der Waals surface area contributed by atoms with Crippen molar-refractivity contribution in [1.82, 2.24) is 9.78 Å². The Bertz CT molecular complexity index is 472. The number of nitrogens with zero attached hydrogens (tertiary/aromatic N) is 2. The van der Waals surface area contributed by atoms with Crippen LogP contribution >= 0.6 is 0 Å². The fraction of sp³-hybridized carbons (Fsp3) is 0.154. The second kappa shape index (κ2) is 4.77. The van der Waals surface area contributed by atoms with Gasteiger partial charge in [0.05, 0.1) is 5.69 Å². The van der Waals surface area contributed by atoms with Crippen molar-refractivity contribution in [3.8, 4) is 5.69 Å². The van der Waals surface area contributed by atoms with Gasteiger partial charge in [-0.1, -0.05) is 24.8 Å². The summed E-state index contributed by atoms with van der Waals surface area (Å²) in [7, 11) is 0. The molecule has 0 aliphatic rings. The second-order valence-corrected chi connectivity index (χ2v) is 3.61. The normalized spacial score (nSPS) is 10.3. The van der Waals surface area contributed by atoms with E-state index in [9.17, 15) is 0 Å². The third-order valence-electron chi connectivity index (χ3n) is 2.48. The van der Waals surface area contributed by atoms with Crippen LogP contribution in [-0.2, 0) is 0 Å². The average molecular weight is 213 g/mol. The zero-order valence-electron chi connectivity index (χ0n) is 9.13. The molecule has 0 atom stereocenters. The molecule has 0 saturated heterocycles. The van der Waals surface area contributed by atoms with Crippen LogP contribution in [0.15, 0.2) is 49.3 Å². The Hall–Kier alpha value is -1.87. The summed E-state index contributed by atoms with van der Waals surface area (Å²) in [4.78, 5) is 0. The average Bonchev–Trinajstić information content (AvgIpc) is 2.83. The van der Waals surface area contributed by atoms with Gasteiger partial charge in [0.1, 0.15) is 0 Å². The van der Waals surface area contributed by atoms with Crippen LogP contribution in [0.3, 0.4) is 0 Å². The van der Waals surface area contributed by atoms with E-state index in [4.69, 9.17) is 5.73 Å². The van der Waals surface area contributed by atoms with Gasteiger partial charge < -0.3 is 5.73 Å². The molecule has 0 unspecified atom stereocenters. The maximum atomic E-state index is 5.55. The van der Waals surface area contributed by atoms with Crippen molar-refractivity contribution in [2.75, 3.05) is 6.54 Å². The summed E-state index contributed by atoms with van der Waals surface area (Å²) in [5.41, 5.74) is 8.76. The number of hydrogen-bond acceptors (Lipinski definition) is 2. The molecule has 0 spiro atoms. The Kier molecular flexibility index (Phi) is 3.17. The predicted molar refractivity (Wildman–Crippen MR) is 66.3 cm³/mol. The molecular formula is C13H15N3. The van der Waals surface area contributed by atoms with Crippen LogP contribution < -0.4 is 5.73 Å². The molecular weight excluding hydrogens is 198 g/mol. The molecule has 82 valence electrons. The molecule has 16 heavy (non-hydrogen) atoms. The summed E-state index contributed by atoms with van der Waals surface area (Å²) in [6.45, 7) is 4.68. The molecule has 3 heteroatoms. The van der Waals surface area contributed by atoms with Crippen molar-refractivity contribution in [3.05, 3.63) is 54.9 Å². The standard InChI is InChI=1S/C13H15N3/c1-11(7-8-14)12-5-2-3-6-13(12)16-10-4-9-15-16/h2-6,9-10H,1,7-8,14H2. The third kappa shape index (κ3) is 2.04. The first-order chi connectivity index (χ1) is 7.83. The molecule has 1 aromatic heterocycles. The van der Waals surface area contributed by atoms with Crippen LogP contribution in [0.1, 0.15) is 12.0 Å². The highest BCUT2D eigenvalue weighted by molar-refractivity contribution is 5.70. The van der Waals surface area contributed by atoms with Gasteiger partial charge in [0, 0.05) is 18.0 Å². The minimum atomic E-state index is 0.617. The monoisotopic (exact) mass is 213 g/mol. The SMILES string of the molecule is C=C(CCN)c1ccccc1-n1cccn1. The van der Waals surface area contributed by atoms with Crippen LogP contribution in [0.5, 0.6) is 0 Å². The Labute approximate surface area is 95.2 Å². The Morgan fingerprint density at radius 3 is 2.81 bits per heavy atom. The molecule has 2 rings (SSSR count). The summed E-state index contributed by atoms with van der Waals surface area (Å²) in [6.07, 6.45) is 4.50. The van der Waals surface area contributed by atoms with Crippen molar-refractivity contribution in [2.24, 2.45) is 5.73 Å². The number of aromatic nitrogens is 2.